The highest BCUT2D eigenvalue weighted by Crippen LogP contribution is 2.30. The lowest BCUT2D eigenvalue weighted by Gasteiger charge is -2.29. The van der Waals surface area contributed by atoms with Crippen molar-refractivity contribution < 1.29 is 9.18 Å². The summed E-state index contributed by atoms with van der Waals surface area (Å²) in [6.07, 6.45) is 1.70. The Morgan fingerprint density at radius 1 is 1.00 bits per heavy atom. The van der Waals surface area contributed by atoms with Crippen LogP contribution in [0, 0.1) is 5.82 Å². The van der Waals surface area contributed by atoms with Gasteiger partial charge in [-0.05, 0) is 23.3 Å². The molecule has 0 bridgehead atoms. The van der Waals surface area contributed by atoms with Crippen LogP contribution in [0.4, 0.5) is 4.39 Å². The number of carbonyl (C=O) groups is 1. The number of hydrogen-bond donors (Lipinski definition) is 0. The Morgan fingerprint density at radius 2 is 1.59 bits per heavy atom. The van der Waals surface area contributed by atoms with Crippen LogP contribution in [0.15, 0.2) is 103 Å². The summed E-state index contributed by atoms with van der Waals surface area (Å²) in [6.45, 7) is 4.20. The van der Waals surface area contributed by atoms with Gasteiger partial charge in [0.25, 0.3) is 0 Å². The van der Waals surface area contributed by atoms with Gasteiger partial charge in [-0.3, -0.25) is 9.36 Å². The highest BCUT2D eigenvalue weighted by atomic mass is 32.2. The molecule has 172 valence electrons. The van der Waals surface area contributed by atoms with Gasteiger partial charge in [-0.2, -0.15) is 0 Å². The molecular weight excluding hydrogens is 447 g/mol. The van der Waals surface area contributed by atoms with Gasteiger partial charge < -0.3 is 4.90 Å². The number of carbonyl (C=O) groups excluding carboxylic acids is 1. The predicted octanol–water partition coefficient (Wildman–Crippen LogP) is 5.61. The average molecular weight is 473 g/mol. The highest BCUT2D eigenvalue weighted by Gasteiger charge is 2.24. The second kappa shape index (κ2) is 10.9. The monoisotopic (exact) mass is 472 g/mol. The van der Waals surface area contributed by atoms with E-state index < -0.39 is 0 Å². The summed E-state index contributed by atoms with van der Waals surface area (Å²) in [7, 11) is 1.81. The molecule has 0 N–H and O–H groups in total. The van der Waals surface area contributed by atoms with Crippen molar-refractivity contribution in [2.75, 3.05) is 12.8 Å². The molecule has 0 unspecified atom stereocenters. The maximum Gasteiger partial charge on any atom is 0.233 e. The second-order valence-electron chi connectivity index (χ2n) is 7.70. The van der Waals surface area contributed by atoms with Crippen molar-refractivity contribution in [2.45, 2.75) is 17.7 Å². The molecule has 0 aliphatic rings. The number of hydrogen-bond acceptors (Lipinski definition) is 4. The Kier molecular flexibility index (Phi) is 7.54. The first-order valence-electron chi connectivity index (χ1n) is 10.9. The molecule has 0 atom stereocenters. The van der Waals surface area contributed by atoms with Gasteiger partial charge in [0.15, 0.2) is 11.0 Å². The van der Waals surface area contributed by atoms with E-state index in [1.807, 2.05) is 67.7 Å². The quantitative estimate of drug-likeness (QED) is 0.235. The smallest absolute Gasteiger partial charge is 0.233 e. The van der Waals surface area contributed by atoms with Crippen LogP contribution in [0.3, 0.4) is 0 Å². The lowest BCUT2D eigenvalue weighted by atomic mass is 9.97. The van der Waals surface area contributed by atoms with Gasteiger partial charge in [0.05, 0.1) is 17.4 Å². The minimum atomic E-state index is -0.374. The summed E-state index contributed by atoms with van der Waals surface area (Å²) in [5.74, 6) is 0.149. The van der Waals surface area contributed by atoms with Crippen LogP contribution >= 0.6 is 11.8 Å². The molecule has 0 saturated heterocycles. The Morgan fingerprint density at radius 3 is 2.18 bits per heavy atom. The van der Waals surface area contributed by atoms with Gasteiger partial charge >= 0.3 is 0 Å². The van der Waals surface area contributed by atoms with Crippen LogP contribution in [0.1, 0.15) is 17.2 Å². The number of allylic oxidation sites excluding steroid dienone is 1. The van der Waals surface area contributed by atoms with Crippen molar-refractivity contribution in [1.29, 1.82) is 0 Å². The zero-order chi connectivity index (χ0) is 23.9. The molecule has 0 aliphatic heterocycles. The number of thioether (sulfide) groups is 1. The van der Waals surface area contributed by atoms with Crippen molar-refractivity contribution >= 4 is 17.7 Å². The van der Waals surface area contributed by atoms with Crippen LogP contribution in [0.25, 0.3) is 11.4 Å². The molecule has 34 heavy (non-hydrogen) atoms. The molecule has 5 nitrogen and oxygen atoms in total. The molecular formula is C27H25FN4OS. The number of amides is 1. The van der Waals surface area contributed by atoms with Crippen LogP contribution in [-0.2, 0) is 11.3 Å². The lowest BCUT2D eigenvalue weighted by molar-refractivity contribution is -0.128. The first kappa shape index (κ1) is 23.4. The van der Waals surface area contributed by atoms with E-state index in [0.717, 1.165) is 11.1 Å². The first-order valence-corrected chi connectivity index (χ1v) is 11.9. The minimum Gasteiger partial charge on any atom is -0.334 e. The van der Waals surface area contributed by atoms with Crippen molar-refractivity contribution in [3.05, 3.63) is 115 Å². The van der Waals surface area contributed by atoms with Crippen molar-refractivity contribution in [3.8, 4) is 11.4 Å². The molecule has 0 fully saturated rings. The SMILES string of the molecule is C=CCn1c(SCC(=O)N(C)C(c2ccccc2)c2ccccc2)nnc1-c1ccccc1F. The Hall–Kier alpha value is -3.71. The van der Waals surface area contributed by atoms with Crippen LogP contribution in [-0.4, -0.2) is 38.4 Å². The zero-order valence-corrected chi connectivity index (χ0v) is 19.7. The van der Waals surface area contributed by atoms with Crippen molar-refractivity contribution in [2.24, 2.45) is 0 Å². The molecule has 3 aromatic carbocycles. The molecule has 1 heterocycles. The van der Waals surface area contributed by atoms with E-state index in [1.54, 1.807) is 33.7 Å². The molecule has 1 amide bonds. The van der Waals surface area contributed by atoms with Crippen molar-refractivity contribution in [1.82, 2.24) is 19.7 Å². The first-order chi connectivity index (χ1) is 16.6. The predicted molar refractivity (Wildman–Crippen MR) is 134 cm³/mol. The molecule has 1 aromatic heterocycles. The fourth-order valence-electron chi connectivity index (χ4n) is 3.81. The summed E-state index contributed by atoms with van der Waals surface area (Å²) in [4.78, 5) is 15.0. The minimum absolute atomic E-state index is 0.0525. The molecule has 0 saturated carbocycles. The van der Waals surface area contributed by atoms with E-state index in [-0.39, 0.29) is 23.5 Å². The Balaban J connectivity index is 1.56. The fraction of sp³-hybridized carbons (Fsp3) is 0.148. The number of aromatic nitrogens is 3. The number of nitrogens with zero attached hydrogens (tertiary/aromatic N) is 4. The summed E-state index contributed by atoms with van der Waals surface area (Å²) in [5, 5.41) is 8.97. The van der Waals surface area contributed by atoms with E-state index in [2.05, 4.69) is 16.8 Å². The van der Waals surface area contributed by atoms with Gasteiger partial charge in [-0.15, -0.1) is 16.8 Å². The van der Waals surface area contributed by atoms with E-state index >= 15 is 0 Å². The van der Waals surface area contributed by atoms with Crippen LogP contribution < -0.4 is 0 Å². The van der Waals surface area contributed by atoms with E-state index in [0.29, 0.717) is 23.1 Å². The zero-order valence-electron chi connectivity index (χ0n) is 18.8. The average Bonchev–Trinajstić information content (AvgIpc) is 3.26. The van der Waals surface area contributed by atoms with Crippen molar-refractivity contribution in [3.63, 3.8) is 0 Å². The maximum atomic E-state index is 14.4. The van der Waals surface area contributed by atoms with Crippen LogP contribution in [0.5, 0.6) is 0 Å². The fourth-order valence-corrected chi connectivity index (χ4v) is 4.68. The summed E-state index contributed by atoms with van der Waals surface area (Å²) < 4.78 is 16.1. The van der Waals surface area contributed by atoms with Gasteiger partial charge in [-0.25, -0.2) is 4.39 Å². The Bertz CT molecular complexity index is 1220. The third-order valence-corrected chi connectivity index (χ3v) is 6.43. The summed E-state index contributed by atoms with van der Waals surface area (Å²) >= 11 is 1.28. The number of benzene rings is 3. The summed E-state index contributed by atoms with van der Waals surface area (Å²) in [5.41, 5.74) is 2.43. The molecule has 0 spiro atoms. The molecule has 0 aliphatic carbocycles. The van der Waals surface area contributed by atoms with Gasteiger partial charge in [0.2, 0.25) is 5.91 Å². The lowest BCUT2D eigenvalue weighted by Crippen LogP contribution is -2.33. The maximum absolute atomic E-state index is 14.4. The van der Waals surface area contributed by atoms with Gasteiger partial charge in [-0.1, -0.05) is 90.6 Å². The topological polar surface area (TPSA) is 51.0 Å². The van der Waals surface area contributed by atoms with E-state index in [1.165, 1.54) is 17.8 Å². The largest absolute Gasteiger partial charge is 0.334 e. The highest BCUT2D eigenvalue weighted by molar-refractivity contribution is 7.99. The second-order valence-corrected chi connectivity index (χ2v) is 8.65. The molecule has 4 aromatic rings. The standard InChI is InChI=1S/C27H25FN4OS/c1-3-18-32-26(22-16-10-11-17-23(22)28)29-30-27(32)34-19-24(33)31(2)25(20-12-6-4-7-13-20)21-14-8-5-9-15-21/h3-17,25H,1,18-19H2,2H3. The third kappa shape index (κ3) is 5.10. The van der Waals surface area contributed by atoms with Gasteiger partial charge in [0.1, 0.15) is 5.82 Å². The normalized spacial score (nSPS) is 10.9. The van der Waals surface area contributed by atoms with E-state index in [4.69, 9.17) is 0 Å². The van der Waals surface area contributed by atoms with Gasteiger partial charge in [0, 0.05) is 13.6 Å². The molecule has 4 rings (SSSR count). The number of rotatable bonds is 9. The Labute approximate surface area is 203 Å². The van der Waals surface area contributed by atoms with Crippen LogP contribution in [0.2, 0.25) is 0 Å². The molecule has 7 heteroatoms. The van der Waals surface area contributed by atoms with E-state index in [9.17, 15) is 9.18 Å². The third-order valence-electron chi connectivity index (χ3n) is 5.48. The molecule has 0 radical (unpaired) electrons. The summed E-state index contributed by atoms with van der Waals surface area (Å²) in [6, 6.07) is 26.1. The number of halogens is 1.